The van der Waals surface area contributed by atoms with Gasteiger partial charge in [-0.3, -0.25) is 14.3 Å². The summed E-state index contributed by atoms with van der Waals surface area (Å²) in [5.41, 5.74) is 0. The van der Waals surface area contributed by atoms with Crippen LogP contribution >= 0.6 is 11.8 Å². The maximum absolute atomic E-state index is 10.6. The summed E-state index contributed by atoms with van der Waals surface area (Å²) in [5.74, 6) is 0.496. The summed E-state index contributed by atoms with van der Waals surface area (Å²) in [6.07, 6.45) is 4.24. The van der Waals surface area contributed by atoms with Gasteiger partial charge in [0.1, 0.15) is 5.03 Å². The van der Waals surface area contributed by atoms with Gasteiger partial charge in [-0.25, -0.2) is 0 Å². The maximum Gasteiger partial charge on any atom is 0.263 e. The molecule has 0 aromatic heterocycles. The highest BCUT2D eigenvalue weighted by Gasteiger charge is 2.00. The van der Waals surface area contributed by atoms with Gasteiger partial charge in [0.15, 0.2) is 0 Å². The molecule has 0 aliphatic carbocycles. The number of nitrogens with zero attached hydrogens (tertiary/aromatic N) is 1. The Morgan fingerprint density at radius 1 is 1.77 bits per heavy atom. The lowest BCUT2D eigenvalue weighted by molar-refractivity contribution is -0.403. The number of hydrogen-bond donors (Lipinski definition) is 1. The van der Waals surface area contributed by atoms with Crippen LogP contribution in [-0.4, -0.2) is 33.9 Å². The molecule has 7 heteroatoms. The standard InChI is InChI=1S/C6H12N2O3S2/c1-12-6(5-8(9)10)7-3-4-13(2)11/h5,7H,3-4H2,1-2H3/b6-5-. The summed E-state index contributed by atoms with van der Waals surface area (Å²) in [6, 6.07) is 0. The lowest BCUT2D eigenvalue weighted by atomic mass is 10.7. The summed E-state index contributed by atoms with van der Waals surface area (Å²) >= 11 is 1.26. The molecule has 13 heavy (non-hydrogen) atoms. The van der Waals surface area contributed by atoms with E-state index in [9.17, 15) is 14.3 Å². The molecule has 0 aromatic rings. The monoisotopic (exact) mass is 224 g/mol. The van der Waals surface area contributed by atoms with Crippen LogP contribution in [-0.2, 0) is 10.8 Å². The van der Waals surface area contributed by atoms with Crippen molar-refractivity contribution in [2.45, 2.75) is 0 Å². The quantitative estimate of drug-likeness (QED) is 0.522. The molecule has 5 nitrogen and oxygen atoms in total. The maximum atomic E-state index is 10.6. The zero-order valence-corrected chi connectivity index (χ0v) is 9.11. The van der Waals surface area contributed by atoms with Crippen molar-refractivity contribution < 1.29 is 9.13 Å². The van der Waals surface area contributed by atoms with Crippen LogP contribution in [0.15, 0.2) is 11.2 Å². The largest absolute Gasteiger partial charge is 0.374 e. The molecular weight excluding hydrogens is 212 g/mol. The molecule has 0 saturated carbocycles. The van der Waals surface area contributed by atoms with Gasteiger partial charge in [0.2, 0.25) is 0 Å². The predicted molar refractivity (Wildman–Crippen MR) is 55.5 cm³/mol. The fourth-order valence-corrected chi connectivity index (χ4v) is 1.41. The van der Waals surface area contributed by atoms with Crippen molar-refractivity contribution in [2.75, 3.05) is 24.8 Å². The summed E-state index contributed by atoms with van der Waals surface area (Å²) in [5, 5.41) is 13.4. The average molecular weight is 224 g/mol. The molecular formula is C6H12N2O3S2. The minimum atomic E-state index is -0.865. The van der Waals surface area contributed by atoms with Gasteiger partial charge >= 0.3 is 0 Å². The summed E-state index contributed by atoms with van der Waals surface area (Å²) in [6.45, 7) is 0.490. The lowest BCUT2D eigenvalue weighted by Crippen LogP contribution is -2.18. The van der Waals surface area contributed by atoms with Crippen LogP contribution in [0.25, 0.3) is 0 Å². The third-order valence-electron chi connectivity index (χ3n) is 1.13. The van der Waals surface area contributed by atoms with E-state index in [4.69, 9.17) is 0 Å². The number of thioether (sulfide) groups is 1. The molecule has 1 N–H and O–H groups in total. The van der Waals surface area contributed by atoms with E-state index in [1.807, 2.05) is 0 Å². The van der Waals surface area contributed by atoms with Gasteiger partial charge in [-0.05, 0) is 6.26 Å². The third kappa shape index (κ3) is 7.79. The second kappa shape index (κ2) is 6.90. The van der Waals surface area contributed by atoms with E-state index < -0.39 is 15.7 Å². The number of nitro groups is 1. The van der Waals surface area contributed by atoms with Crippen LogP contribution < -0.4 is 5.32 Å². The average Bonchev–Trinajstić information content (AvgIpc) is 2.01. The molecule has 0 spiro atoms. The van der Waals surface area contributed by atoms with Crippen LogP contribution in [0.1, 0.15) is 0 Å². The molecule has 0 aromatic carbocycles. The lowest BCUT2D eigenvalue weighted by Gasteiger charge is -2.03. The molecule has 0 aliphatic heterocycles. The fourth-order valence-electron chi connectivity index (χ4n) is 0.584. The second-order valence-corrected chi connectivity index (χ2v) is 4.59. The highest BCUT2D eigenvalue weighted by Crippen LogP contribution is 2.06. The molecule has 0 rings (SSSR count). The van der Waals surface area contributed by atoms with Gasteiger partial charge in [0.25, 0.3) is 6.20 Å². The number of hydrogen-bond acceptors (Lipinski definition) is 5. The zero-order chi connectivity index (χ0) is 10.3. The summed E-state index contributed by atoms with van der Waals surface area (Å²) < 4.78 is 10.6. The van der Waals surface area contributed by atoms with Crippen LogP contribution in [0.2, 0.25) is 0 Å². The molecule has 0 amide bonds. The molecule has 0 radical (unpaired) electrons. The first-order chi connectivity index (χ1) is 6.06. The van der Waals surface area contributed by atoms with E-state index in [-0.39, 0.29) is 0 Å². The van der Waals surface area contributed by atoms with Gasteiger partial charge < -0.3 is 5.32 Å². The normalized spacial score (nSPS) is 13.8. The van der Waals surface area contributed by atoms with Crippen molar-refractivity contribution in [3.05, 3.63) is 21.3 Å². The summed E-state index contributed by atoms with van der Waals surface area (Å²) in [4.78, 5) is 9.57. The number of nitrogens with one attached hydrogen (secondary N) is 1. The molecule has 0 fully saturated rings. The van der Waals surface area contributed by atoms with Crippen molar-refractivity contribution in [1.29, 1.82) is 0 Å². The van der Waals surface area contributed by atoms with Crippen LogP contribution in [0.3, 0.4) is 0 Å². The van der Waals surface area contributed by atoms with Crippen LogP contribution in [0.4, 0.5) is 0 Å². The van der Waals surface area contributed by atoms with Crippen molar-refractivity contribution in [3.63, 3.8) is 0 Å². The van der Waals surface area contributed by atoms with E-state index >= 15 is 0 Å². The van der Waals surface area contributed by atoms with E-state index in [1.54, 1.807) is 12.5 Å². The van der Waals surface area contributed by atoms with E-state index in [0.29, 0.717) is 17.3 Å². The molecule has 76 valence electrons. The first-order valence-corrected chi connectivity index (χ1v) is 6.44. The molecule has 0 bridgehead atoms. The van der Waals surface area contributed by atoms with Gasteiger partial charge in [0.05, 0.1) is 4.92 Å². The Labute approximate surface area is 83.6 Å². The molecule has 1 atom stereocenters. The SMILES string of the molecule is CS/C(=C\[N+](=O)[O-])NCCS(C)=O. The van der Waals surface area contributed by atoms with Crippen LogP contribution in [0, 0.1) is 10.1 Å². The Hall–Kier alpha value is -0.560. The molecule has 1 unspecified atom stereocenters. The Morgan fingerprint density at radius 3 is 2.77 bits per heavy atom. The topological polar surface area (TPSA) is 72.2 Å². The van der Waals surface area contributed by atoms with Gasteiger partial charge in [-0.2, -0.15) is 0 Å². The zero-order valence-electron chi connectivity index (χ0n) is 7.48. The first kappa shape index (κ1) is 12.4. The molecule has 0 aliphatic rings. The van der Waals surface area contributed by atoms with Crippen molar-refractivity contribution in [3.8, 4) is 0 Å². The minimum absolute atomic E-state index is 0.482. The van der Waals surface area contributed by atoms with E-state index in [1.165, 1.54) is 11.8 Å². The smallest absolute Gasteiger partial charge is 0.263 e. The van der Waals surface area contributed by atoms with Gasteiger partial charge in [-0.1, -0.05) is 0 Å². The fraction of sp³-hybridized carbons (Fsp3) is 0.667. The Bertz CT molecular complexity index is 230. The Balaban J connectivity index is 3.86. The van der Waals surface area contributed by atoms with E-state index in [2.05, 4.69) is 5.32 Å². The van der Waals surface area contributed by atoms with Gasteiger partial charge in [-0.15, -0.1) is 11.8 Å². The van der Waals surface area contributed by atoms with Gasteiger partial charge in [0, 0.05) is 29.4 Å². The highest BCUT2D eigenvalue weighted by molar-refractivity contribution is 8.02. The Kier molecular flexibility index (Phi) is 6.61. The minimum Gasteiger partial charge on any atom is -0.374 e. The third-order valence-corrected chi connectivity index (χ3v) is 2.60. The highest BCUT2D eigenvalue weighted by atomic mass is 32.2. The molecule has 0 saturated heterocycles. The first-order valence-electron chi connectivity index (χ1n) is 3.49. The van der Waals surface area contributed by atoms with Crippen molar-refractivity contribution >= 4 is 22.6 Å². The summed E-state index contributed by atoms with van der Waals surface area (Å²) in [7, 11) is -0.865. The second-order valence-electron chi connectivity index (χ2n) is 2.19. The van der Waals surface area contributed by atoms with E-state index in [0.717, 1.165) is 6.20 Å². The predicted octanol–water partition coefficient (Wildman–Crippen LogP) is 0.393. The molecule has 0 heterocycles. The van der Waals surface area contributed by atoms with Crippen molar-refractivity contribution in [1.82, 2.24) is 5.32 Å². The van der Waals surface area contributed by atoms with Crippen LogP contribution in [0.5, 0.6) is 0 Å². The Morgan fingerprint density at radius 2 is 2.38 bits per heavy atom. The number of rotatable bonds is 6. The van der Waals surface area contributed by atoms with Crippen molar-refractivity contribution in [2.24, 2.45) is 0 Å².